The quantitative estimate of drug-likeness (QED) is 0.546. The van der Waals surface area contributed by atoms with Gasteiger partial charge in [0.15, 0.2) is 5.65 Å². The monoisotopic (exact) mass is 285 g/mol. The van der Waals surface area contributed by atoms with Crippen molar-refractivity contribution < 1.29 is 0 Å². The average molecular weight is 285 g/mol. The number of aryl methyl sites for hydroxylation is 1. The molecule has 2 aromatic heterocycles. The van der Waals surface area contributed by atoms with E-state index in [1.807, 2.05) is 54.2 Å². The zero-order valence-corrected chi connectivity index (χ0v) is 12.3. The van der Waals surface area contributed by atoms with Gasteiger partial charge in [0.25, 0.3) is 0 Å². The van der Waals surface area contributed by atoms with Crippen LogP contribution in [-0.4, -0.2) is 14.8 Å². The first-order valence-electron chi connectivity index (χ1n) is 7.30. The van der Waals surface area contributed by atoms with Gasteiger partial charge < -0.3 is 0 Å². The van der Waals surface area contributed by atoms with Crippen LogP contribution in [0, 0.1) is 6.92 Å². The van der Waals surface area contributed by atoms with E-state index in [9.17, 15) is 0 Å². The minimum absolute atomic E-state index is 0.894. The highest BCUT2D eigenvalue weighted by Gasteiger charge is 2.14. The highest BCUT2D eigenvalue weighted by molar-refractivity contribution is 5.95. The van der Waals surface area contributed by atoms with Crippen LogP contribution < -0.4 is 0 Å². The molecule has 0 fully saturated rings. The van der Waals surface area contributed by atoms with Gasteiger partial charge in [-0.1, -0.05) is 48.5 Å². The molecule has 4 aromatic rings. The third-order valence-electron chi connectivity index (χ3n) is 3.83. The number of pyridine rings is 1. The van der Waals surface area contributed by atoms with E-state index < -0.39 is 0 Å². The van der Waals surface area contributed by atoms with E-state index in [2.05, 4.69) is 35.3 Å². The molecule has 0 aliphatic rings. The van der Waals surface area contributed by atoms with Crippen molar-refractivity contribution >= 4 is 11.0 Å². The fraction of sp³-hybridized carbons (Fsp3) is 0.0526. The summed E-state index contributed by atoms with van der Waals surface area (Å²) < 4.78 is 1.91. The summed E-state index contributed by atoms with van der Waals surface area (Å²) in [5.74, 6) is 0. The first-order chi connectivity index (χ1) is 10.8. The molecule has 0 radical (unpaired) electrons. The van der Waals surface area contributed by atoms with Crippen LogP contribution in [0.2, 0.25) is 0 Å². The smallest absolute Gasteiger partial charge is 0.163 e. The van der Waals surface area contributed by atoms with Crippen LogP contribution in [0.1, 0.15) is 5.69 Å². The topological polar surface area (TPSA) is 30.7 Å². The van der Waals surface area contributed by atoms with Crippen molar-refractivity contribution in [1.82, 2.24) is 14.8 Å². The Labute approximate surface area is 128 Å². The van der Waals surface area contributed by atoms with E-state index in [1.54, 1.807) is 0 Å². The number of para-hydroxylation sites is 1. The molecule has 0 aliphatic heterocycles. The van der Waals surface area contributed by atoms with Crippen molar-refractivity contribution in [2.75, 3.05) is 0 Å². The van der Waals surface area contributed by atoms with E-state index in [4.69, 9.17) is 5.10 Å². The standard InChI is InChI=1S/C19H15N3/c1-14-18-17(15-8-4-2-5-9-15)12-13-20-19(18)22(21-14)16-10-6-3-7-11-16/h2-13H,1H3. The van der Waals surface area contributed by atoms with Gasteiger partial charge in [0.2, 0.25) is 0 Å². The van der Waals surface area contributed by atoms with Gasteiger partial charge in [-0.25, -0.2) is 9.67 Å². The number of aromatic nitrogens is 3. The highest BCUT2D eigenvalue weighted by atomic mass is 15.3. The van der Waals surface area contributed by atoms with Crippen LogP contribution in [0.3, 0.4) is 0 Å². The Bertz CT molecular complexity index is 925. The molecular weight excluding hydrogens is 270 g/mol. The molecule has 2 heterocycles. The van der Waals surface area contributed by atoms with Crippen molar-refractivity contribution in [3.05, 3.63) is 78.6 Å². The lowest BCUT2D eigenvalue weighted by molar-refractivity contribution is 0.878. The van der Waals surface area contributed by atoms with E-state index in [0.29, 0.717) is 0 Å². The van der Waals surface area contributed by atoms with Gasteiger partial charge >= 0.3 is 0 Å². The molecule has 0 bridgehead atoms. The SMILES string of the molecule is Cc1nn(-c2ccccc2)c2nccc(-c3ccccc3)c12. The molecule has 0 saturated carbocycles. The number of hydrogen-bond acceptors (Lipinski definition) is 2. The molecule has 4 rings (SSSR count). The van der Waals surface area contributed by atoms with Crippen LogP contribution in [0.4, 0.5) is 0 Å². The largest absolute Gasteiger partial charge is 0.236 e. The maximum absolute atomic E-state index is 4.70. The Morgan fingerprint density at radius 2 is 1.50 bits per heavy atom. The molecule has 3 heteroatoms. The molecule has 106 valence electrons. The number of benzene rings is 2. The second-order valence-electron chi connectivity index (χ2n) is 5.26. The zero-order valence-electron chi connectivity index (χ0n) is 12.3. The summed E-state index contributed by atoms with van der Waals surface area (Å²) in [5.41, 5.74) is 5.27. The lowest BCUT2D eigenvalue weighted by atomic mass is 10.0. The summed E-state index contributed by atoms with van der Waals surface area (Å²) >= 11 is 0. The molecule has 0 saturated heterocycles. The van der Waals surface area contributed by atoms with E-state index >= 15 is 0 Å². The fourth-order valence-electron chi connectivity index (χ4n) is 2.82. The van der Waals surface area contributed by atoms with Gasteiger partial charge in [-0.15, -0.1) is 0 Å². The normalized spacial score (nSPS) is 11.0. The fourth-order valence-corrected chi connectivity index (χ4v) is 2.82. The van der Waals surface area contributed by atoms with Gasteiger partial charge in [-0.2, -0.15) is 5.10 Å². The van der Waals surface area contributed by atoms with E-state index in [-0.39, 0.29) is 0 Å². The Morgan fingerprint density at radius 3 is 2.23 bits per heavy atom. The van der Waals surface area contributed by atoms with Crippen molar-refractivity contribution in [2.24, 2.45) is 0 Å². The summed E-state index contributed by atoms with van der Waals surface area (Å²) in [7, 11) is 0. The summed E-state index contributed by atoms with van der Waals surface area (Å²) in [6.45, 7) is 2.04. The molecule has 0 amide bonds. The van der Waals surface area contributed by atoms with Gasteiger partial charge in [0.05, 0.1) is 16.8 Å². The Balaban J connectivity index is 2.02. The lowest BCUT2D eigenvalue weighted by Gasteiger charge is -2.05. The molecule has 2 aromatic carbocycles. The van der Waals surface area contributed by atoms with Crippen LogP contribution >= 0.6 is 0 Å². The predicted octanol–water partition coefficient (Wildman–Crippen LogP) is 4.40. The molecule has 22 heavy (non-hydrogen) atoms. The number of nitrogens with zero attached hydrogens (tertiary/aromatic N) is 3. The number of hydrogen-bond donors (Lipinski definition) is 0. The van der Waals surface area contributed by atoms with E-state index in [1.165, 1.54) is 11.1 Å². The minimum Gasteiger partial charge on any atom is -0.236 e. The summed E-state index contributed by atoms with van der Waals surface area (Å²) in [4.78, 5) is 4.56. The van der Waals surface area contributed by atoms with Crippen molar-refractivity contribution in [3.8, 4) is 16.8 Å². The molecule has 0 aliphatic carbocycles. The van der Waals surface area contributed by atoms with E-state index in [0.717, 1.165) is 22.4 Å². The third kappa shape index (κ3) is 1.99. The summed E-state index contributed by atoms with van der Waals surface area (Å²) in [6.07, 6.45) is 1.85. The van der Waals surface area contributed by atoms with Crippen LogP contribution in [0.25, 0.3) is 27.8 Å². The van der Waals surface area contributed by atoms with Gasteiger partial charge in [-0.3, -0.25) is 0 Å². The van der Waals surface area contributed by atoms with Crippen LogP contribution in [0.15, 0.2) is 72.9 Å². The van der Waals surface area contributed by atoms with Gasteiger partial charge in [0.1, 0.15) is 0 Å². The second kappa shape index (κ2) is 5.11. The average Bonchev–Trinajstić information content (AvgIpc) is 2.94. The summed E-state index contributed by atoms with van der Waals surface area (Å²) in [6, 6.07) is 22.6. The van der Waals surface area contributed by atoms with Crippen molar-refractivity contribution in [1.29, 1.82) is 0 Å². The molecule has 0 unspecified atom stereocenters. The molecule has 0 spiro atoms. The number of fused-ring (bicyclic) bond motifs is 1. The molecule has 0 N–H and O–H groups in total. The van der Waals surface area contributed by atoms with Crippen molar-refractivity contribution in [2.45, 2.75) is 6.92 Å². The molecule has 3 nitrogen and oxygen atoms in total. The Kier molecular flexibility index (Phi) is 2.97. The maximum Gasteiger partial charge on any atom is 0.163 e. The molecular formula is C19H15N3. The lowest BCUT2D eigenvalue weighted by Crippen LogP contribution is -1.97. The summed E-state index contributed by atoms with van der Waals surface area (Å²) in [5, 5.41) is 5.81. The number of rotatable bonds is 2. The minimum atomic E-state index is 0.894. The zero-order chi connectivity index (χ0) is 14.9. The van der Waals surface area contributed by atoms with Gasteiger partial charge in [0, 0.05) is 6.20 Å². The van der Waals surface area contributed by atoms with Crippen LogP contribution in [-0.2, 0) is 0 Å². The first kappa shape index (κ1) is 12.8. The van der Waals surface area contributed by atoms with Gasteiger partial charge in [-0.05, 0) is 36.2 Å². The third-order valence-corrected chi connectivity index (χ3v) is 3.83. The maximum atomic E-state index is 4.70. The Hall–Kier alpha value is -2.94. The molecule has 0 atom stereocenters. The predicted molar refractivity (Wildman–Crippen MR) is 89.0 cm³/mol. The van der Waals surface area contributed by atoms with Crippen molar-refractivity contribution in [3.63, 3.8) is 0 Å². The van der Waals surface area contributed by atoms with Crippen LogP contribution in [0.5, 0.6) is 0 Å². The first-order valence-corrected chi connectivity index (χ1v) is 7.30. The Morgan fingerprint density at radius 1 is 0.818 bits per heavy atom. The second-order valence-corrected chi connectivity index (χ2v) is 5.26. The highest BCUT2D eigenvalue weighted by Crippen LogP contribution is 2.30.